The van der Waals surface area contributed by atoms with Gasteiger partial charge in [-0.25, -0.2) is 4.98 Å². The number of halogens is 2. The molecule has 0 radical (unpaired) electrons. The van der Waals surface area contributed by atoms with Gasteiger partial charge in [-0.1, -0.05) is 0 Å². The van der Waals surface area contributed by atoms with Gasteiger partial charge in [0.05, 0.1) is 6.04 Å². The van der Waals surface area contributed by atoms with Gasteiger partial charge in [-0.3, -0.25) is 4.79 Å². The maximum Gasteiger partial charge on any atom is 0.223 e. The van der Waals surface area contributed by atoms with Gasteiger partial charge in [0.2, 0.25) is 5.91 Å². The number of aryl methyl sites for hydroxylation is 1. The van der Waals surface area contributed by atoms with Crippen molar-refractivity contribution in [3.8, 4) is 0 Å². The molecule has 2 unspecified atom stereocenters. The van der Waals surface area contributed by atoms with E-state index in [1.165, 1.54) is 0 Å². The molecule has 1 aliphatic heterocycles. The molecule has 1 saturated heterocycles. The van der Waals surface area contributed by atoms with E-state index < -0.39 is 0 Å². The van der Waals surface area contributed by atoms with Crippen LogP contribution in [0.1, 0.15) is 18.3 Å². The Morgan fingerprint density at radius 3 is 2.59 bits per heavy atom. The minimum absolute atomic E-state index is 0. The Kier molecular flexibility index (Phi) is 5.95. The van der Waals surface area contributed by atoms with Gasteiger partial charge in [-0.15, -0.1) is 24.8 Å². The summed E-state index contributed by atoms with van der Waals surface area (Å²) in [6.07, 6.45) is 4.17. The van der Waals surface area contributed by atoms with Crippen molar-refractivity contribution in [3.05, 3.63) is 18.2 Å². The highest BCUT2D eigenvalue weighted by Gasteiger charge is 2.39. The van der Waals surface area contributed by atoms with Crippen molar-refractivity contribution in [2.45, 2.75) is 12.5 Å². The van der Waals surface area contributed by atoms with E-state index in [1.807, 2.05) is 24.9 Å². The van der Waals surface area contributed by atoms with Crippen LogP contribution in [0.15, 0.2) is 12.4 Å². The number of aromatic nitrogens is 2. The number of nitrogens with zero attached hydrogens (tertiary/aromatic N) is 3. The summed E-state index contributed by atoms with van der Waals surface area (Å²) in [5, 5.41) is 0. The van der Waals surface area contributed by atoms with Gasteiger partial charge < -0.3 is 15.2 Å². The van der Waals surface area contributed by atoms with Crippen molar-refractivity contribution in [2.24, 2.45) is 18.7 Å². The standard InChI is InChI=1S/C10H16N4O.2ClH/c1-13-4-3-12-10(13)9-7(6-11)5-8(15)14(9)2;;/h3-4,7,9H,5-6,11H2,1-2H3;2*1H. The third-order valence-electron chi connectivity index (χ3n) is 3.12. The number of carbonyl (C=O) groups is 1. The second-order valence-corrected chi connectivity index (χ2v) is 4.05. The van der Waals surface area contributed by atoms with Crippen LogP contribution >= 0.6 is 24.8 Å². The van der Waals surface area contributed by atoms with E-state index in [-0.39, 0.29) is 42.7 Å². The van der Waals surface area contributed by atoms with E-state index in [4.69, 9.17) is 5.73 Å². The van der Waals surface area contributed by atoms with Gasteiger partial charge in [-0.05, 0) is 6.54 Å². The smallest absolute Gasteiger partial charge is 0.223 e. The summed E-state index contributed by atoms with van der Waals surface area (Å²) in [6.45, 7) is 0.521. The minimum Gasteiger partial charge on any atom is -0.336 e. The third kappa shape index (κ3) is 2.73. The lowest BCUT2D eigenvalue weighted by Crippen LogP contribution is -2.28. The maximum atomic E-state index is 11.6. The lowest BCUT2D eigenvalue weighted by atomic mass is 10.00. The molecular formula is C10H18Cl2N4O. The average molecular weight is 281 g/mol. The van der Waals surface area contributed by atoms with Gasteiger partial charge in [0.25, 0.3) is 0 Å². The summed E-state index contributed by atoms with van der Waals surface area (Å²) in [5.74, 6) is 1.25. The molecule has 2 N–H and O–H groups in total. The number of nitrogens with two attached hydrogens (primary N) is 1. The molecule has 2 heterocycles. The van der Waals surface area contributed by atoms with Crippen molar-refractivity contribution < 1.29 is 4.79 Å². The van der Waals surface area contributed by atoms with E-state index in [0.29, 0.717) is 13.0 Å². The zero-order chi connectivity index (χ0) is 11.0. The highest BCUT2D eigenvalue weighted by molar-refractivity contribution is 5.85. The first-order valence-electron chi connectivity index (χ1n) is 5.08. The number of amides is 1. The van der Waals surface area contributed by atoms with Crippen LogP contribution in [0.2, 0.25) is 0 Å². The Balaban J connectivity index is 0.00000128. The molecule has 1 amide bonds. The number of rotatable bonds is 2. The van der Waals surface area contributed by atoms with Crippen molar-refractivity contribution in [1.29, 1.82) is 0 Å². The van der Waals surface area contributed by atoms with Crippen LogP contribution < -0.4 is 5.73 Å². The Bertz CT molecular complexity index is 382. The Morgan fingerprint density at radius 2 is 2.12 bits per heavy atom. The number of hydrogen-bond acceptors (Lipinski definition) is 3. The molecule has 7 heteroatoms. The lowest BCUT2D eigenvalue weighted by molar-refractivity contribution is -0.127. The highest BCUT2D eigenvalue weighted by atomic mass is 35.5. The molecule has 2 atom stereocenters. The van der Waals surface area contributed by atoms with Gasteiger partial charge >= 0.3 is 0 Å². The van der Waals surface area contributed by atoms with Gasteiger partial charge in [-0.2, -0.15) is 0 Å². The van der Waals surface area contributed by atoms with Crippen LogP contribution in [0.4, 0.5) is 0 Å². The Hall–Kier alpha value is -0.780. The molecule has 0 spiro atoms. The van der Waals surface area contributed by atoms with Gasteiger partial charge in [0, 0.05) is 38.8 Å². The summed E-state index contributed by atoms with van der Waals surface area (Å²) in [4.78, 5) is 17.6. The lowest BCUT2D eigenvalue weighted by Gasteiger charge is -2.23. The molecule has 5 nitrogen and oxygen atoms in total. The molecule has 2 rings (SSSR count). The summed E-state index contributed by atoms with van der Waals surface area (Å²) in [6, 6.07) is 0.0301. The van der Waals surface area contributed by atoms with Gasteiger partial charge in [0.15, 0.2) is 0 Å². The minimum atomic E-state index is 0. The largest absolute Gasteiger partial charge is 0.336 e. The van der Waals surface area contributed by atoms with Crippen LogP contribution in [0.5, 0.6) is 0 Å². The van der Waals surface area contributed by atoms with E-state index in [9.17, 15) is 4.79 Å². The summed E-state index contributed by atoms with van der Waals surface area (Å²) < 4.78 is 1.95. The number of likely N-dealkylation sites (tertiary alicyclic amines) is 1. The first-order valence-corrected chi connectivity index (χ1v) is 5.08. The topological polar surface area (TPSA) is 64.2 Å². The SMILES string of the molecule is CN1C(=O)CC(CN)C1c1nccn1C.Cl.Cl. The number of hydrogen-bond donors (Lipinski definition) is 1. The van der Waals surface area contributed by atoms with Crippen LogP contribution in [0.25, 0.3) is 0 Å². The Morgan fingerprint density at radius 1 is 1.47 bits per heavy atom. The molecule has 0 saturated carbocycles. The summed E-state index contributed by atoms with van der Waals surface area (Å²) >= 11 is 0. The fourth-order valence-electron chi connectivity index (χ4n) is 2.21. The number of carbonyl (C=O) groups excluding carboxylic acids is 1. The number of imidazole rings is 1. The van der Waals surface area contributed by atoms with Crippen molar-refractivity contribution in [1.82, 2.24) is 14.5 Å². The zero-order valence-corrected chi connectivity index (χ0v) is 11.5. The summed E-state index contributed by atoms with van der Waals surface area (Å²) in [5.41, 5.74) is 5.69. The molecule has 17 heavy (non-hydrogen) atoms. The average Bonchev–Trinajstić information content (AvgIpc) is 2.73. The van der Waals surface area contributed by atoms with Crippen molar-refractivity contribution >= 4 is 30.7 Å². The predicted octanol–water partition coefficient (Wildman–Crippen LogP) is 0.742. The van der Waals surface area contributed by atoms with Crippen LogP contribution in [-0.2, 0) is 11.8 Å². The molecule has 98 valence electrons. The van der Waals surface area contributed by atoms with E-state index in [1.54, 1.807) is 11.1 Å². The first kappa shape index (κ1) is 16.2. The molecule has 0 aromatic carbocycles. The fraction of sp³-hybridized carbons (Fsp3) is 0.600. The normalized spacial score (nSPS) is 23.2. The Labute approximate surface area is 113 Å². The molecule has 0 bridgehead atoms. The van der Waals surface area contributed by atoms with Crippen molar-refractivity contribution in [3.63, 3.8) is 0 Å². The highest BCUT2D eigenvalue weighted by Crippen LogP contribution is 2.34. The van der Waals surface area contributed by atoms with Crippen LogP contribution in [0.3, 0.4) is 0 Å². The third-order valence-corrected chi connectivity index (χ3v) is 3.12. The van der Waals surface area contributed by atoms with Crippen LogP contribution in [0, 0.1) is 5.92 Å². The molecule has 0 aliphatic carbocycles. The van der Waals surface area contributed by atoms with E-state index in [0.717, 1.165) is 5.82 Å². The molecule has 1 aliphatic rings. The predicted molar refractivity (Wildman–Crippen MR) is 70.4 cm³/mol. The molecule has 1 aromatic rings. The second kappa shape index (κ2) is 6.23. The molecular weight excluding hydrogens is 263 g/mol. The van der Waals surface area contributed by atoms with E-state index in [2.05, 4.69) is 4.98 Å². The van der Waals surface area contributed by atoms with E-state index >= 15 is 0 Å². The summed E-state index contributed by atoms with van der Waals surface area (Å²) in [7, 11) is 3.75. The van der Waals surface area contributed by atoms with Gasteiger partial charge in [0.1, 0.15) is 5.82 Å². The quantitative estimate of drug-likeness (QED) is 0.869. The maximum absolute atomic E-state index is 11.6. The first-order chi connectivity index (χ1) is 7.15. The molecule has 1 aromatic heterocycles. The molecule has 1 fully saturated rings. The monoisotopic (exact) mass is 280 g/mol. The van der Waals surface area contributed by atoms with Crippen molar-refractivity contribution in [2.75, 3.05) is 13.6 Å². The van der Waals surface area contributed by atoms with Crippen LogP contribution in [-0.4, -0.2) is 34.0 Å². The second-order valence-electron chi connectivity index (χ2n) is 4.05. The fourth-order valence-corrected chi connectivity index (χ4v) is 2.21. The zero-order valence-electron chi connectivity index (χ0n) is 9.87.